The highest BCUT2D eigenvalue weighted by Crippen LogP contribution is 2.33. The molecule has 5 heteroatoms. The summed E-state index contributed by atoms with van der Waals surface area (Å²) in [5, 5.41) is 3.84. The van der Waals surface area contributed by atoms with Crippen LogP contribution in [0.4, 0.5) is 8.78 Å². The Labute approximate surface area is 110 Å². The number of nitrogens with one attached hydrogen (secondary N) is 1. The summed E-state index contributed by atoms with van der Waals surface area (Å²) in [4.78, 5) is 0. The summed E-state index contributed by atoms with van der Waals surface area (Å²) in [5.74, 6) is 0.897. The Kier molecular flexibility index (Phi) is 4.40. The molecule has 0 saturated heterocycles. The molecule has 0 spiro atoms. The van der Waals surface area contributed by atoms with Crippen molar-refractivity contribution in [3.05, 3.63) is 28.8 Å². The van der Waals surface area contributed by atoms with Crippen molar-refractivity contribution in [2.75, 3.05) is 0 Å². The molecule has 0 aliphatic heterocycles. The van der Waals surface area contributed by atoms with Gasteiger partial charge < -0.3 is 10.1 Å². The molecule has 1 N–H and O–H groups in total. The van der Waals surface area contributed by atoms with Crippen molar-refractivity contribution >= 4 is 11.6 Å². The Morgan fingerprint density at radius 1 is 1.44 bits per heavy atom. The maximum atomic E-state index is 12.3. The average molecular weight is 276 g/mol. The van der Waals surface area contributed by atoms with Crippen LogP contribution in [-0.2, 0) is 6.54 Å². The molecular weight excluding hydrogens is 260 g/mol. The summed E-state index contributed by atoms with van der Waals surface area (Å²) < 4.78 is 29.0. The second-order valence-electron chi connectivity index (χ2n) is 4.64. The smallest absolute Gasteiger partial charge is 0.387 e. The molecular formula is C13H16ClF2NO. The summed E-state index contributed by atoms with van der Waals surface area (Å²) in [6, 6.07) is 5.08. The van der Waals surface area contributed by atoms with Gasteiger partial charge in [0.05, 0.1) is 0 Å². The molecule has 0 heterocycles. The first-order valence-corrected chi connectivity index (χ1v) is 6.40. The highest BCUT2D eigenvalue weighted by molar-refractivity contribution is 6.30. The maximum absolute atomic E-state index is 12.3. The van der Waals surface area contributed by atoms with Crippen molar-refractivity contribution in [3.63, 3.8) is 0 Å². The summed E-state index contributed by atoms with van der Waals surface area (Å²) in [7, 11) is 0. The first kappa shape index (κ1) is 13.6. The van der Waals surface area contributed by atoms with E-state index in [9.17, 15) is 8.78 Å². The second kappa shape index (κ2) is 5.85. The van der Waals surface area contributed by atoms with Gasteiger partial charge in [0.25, 0.3) is 0 Å². The zero-order valence-corrected chi connectivity index (χ0v) is 10.9. The number of benzene rings is 1. The normalized spacial score (nSPS) is 16.9. The van der Waals surface area contributed by atoms with Gasteiger partial charge in [0.15, 0.2) is 0 Å². The number of ether oxygens (including phenoxy) is 1. The van der Waals surface area contributed by atoms with E-state index >= 15 is 0 Å². The third kappa shape index (κ3) is 3.82. The number of rotatable bonds is 6. The van der Waals surface area contributed by atoms with Crippen LogP contribution in [0.2, 0.25) is 5.02 Å². The lowest BCUT2D eigenvalue weighted by Crippen LogP contribution is -2.27. The molecule has 2 rings (SSSR count). The molecule has 0 radical (unpaired) electrons. The van der Waals surface area contributed by atoms with Crippen LogP contribution in [0.15, 0.2) is 18.2 Å². The van der Waals surface area contributed by atoms with Gasteiger partial charge in [-0.05, 0) is 43.9 Å². The molecule has 1 atom stereocenters. The largest absolute Gasteiger partial charge is 0.434 e. The molecule has 0 amide bonds. The van der Waals surface area contributed by atoms with Crippen molar-refractivity contribution in [2.24, 2.45) is 5.92 Å². The van der Waals surface area contributed by atoms with Crippen LogP contribution in [0.25, 0.3) is 0 Å². The van der Waals surface area contributed by atoms with E-state index in [1.807, 2.05) is 0 Å². The number of hydrogen-bond acceptors (Lipinski definition) is 2. The Bertz CT molecular complexity index is 410. The van der Waals surface area contributed by atoms with Crippen molar-refractivity contribution < 1.29 is 13.5 Å². The van der Waals surface area contributed by atoms with Gasteiger partial charge in [-0.3, -0.25) is 0 Å². The molecule has 0 bridgehead atoms. The maximum Gasteiger partial charge on any atom is 0.387 e. The van der Waals surface area contributed by atoms with Gasteiger partial charge in [0.1, 0.15) is 5.75 Å². The van der Waals surface area contributed by atoms with Crippen molar-refractivity contribution in [1.29, 1.82) is 0 Å². The average Bonchev–Trinajstić information content (AvgIpc) is 3.12. The number of hydrogen-bond donors (Lipinski definition) is 1. The van der Waals surface area contributed by atoms with Gasteiger partial charge in [-0.1, -0.05) is 11.6 Å². The number of alkyl halides is 2. The van der Waals surface area contributed by atoms with Crippen LogP contribution >= 0.6 is 11.6 Å². The molecule has 1 unspecified atom stereocenters. The van der Waals surface area contributed by atoms with Crippen molar-refractivity contribution in [2.45, 2.75) is 39.0 Å². The van der Waals surface area contributed by atoms with Gasteiger partial charge in [-0.2, -0.15) is 8.78 Å². The summed E-state index contributed by atoms with van der Waals surface area (Å²) in [6.07, 6.45) is 2.48. The van der Waals surface area contributed by atoms with E-state index in [1.54, 1.807) is 12.1 Å². The fourth-order valence-corrected chi connectivity index (χ4v) is 2.13. The lowest BCUT2D eigenvalue weighted by atomic mass is 10.1. The Hall–Kier alpha value is -0.870. The minimum absolute atomic E-state index is 0.185. The molecule has 1 aromatic rings. The van der Waals surface area contributed by atoms with Gasteiger partial charge in [0.2, 0.25) is 0 Å². The third-order valence-corrected chi connectivity index (χ3v) is 3.42. The predicted octanol–water partition coefficient (Wildman–Crippen LogP) is 3.83. The van der Waals surface area contributed by atoms with Crippen LogP contribution in [0.3, 0.4) is 0 Å². The fraction of sp³-hybridized carbons (Fsp3) is 0.538. The highest BCUT2D eigenvalue weighted by Gasteiger charge is 2.27. The van der Waals surface area contributed by atoms with Crippen LogP contribution in [0.1, 0.15) is 25.3 Å². The lowest BCUT2D eigenvalue weighted by Gasteiger charge is -2.15. The topological polar surface area (TPSA) is 21.3 Å². The summed E-state index contributed by atoms with van der Waals surface area (Å²) in [5.41, 5.74) is 0.662. The first-order valence-electron chi connectivity index (χ1n) is 6.03. The predicted molar refractivity (Wildman–Crippen MR) is 67.1 cm³/mol. The third-order valence-electron chi connectivity index (χ3n) is 3.18. The van der Waals surface area contributed by atoms with E-state index in [1.165, 1.54) is 18.9 Å². The van der Waals surface area contributed by atoms with Gasteiger partial charge in [-0.25, -0.2) is 0 Å². The van der Waals surface area contributed by atoms with Gasteiger partial charge >= 0.3 is 6.61 Å². The molecule has 2 nitrogen and oxygen atoms in total. The molecule has 1 saturated carbocycles. The molecule has 1 aliphatic carbocycles. The monoisotopic (exact) mass is 275 g/mol. The SMILES string of the molecule is CC(NCc1cc(Cl)ccc1OC(F)F)C1CC1. The molecule has 1 fully saturated rings. The summed E-state index contributed by atoms with van der Waals surface area (Å²) in [6.45, 7) is -0.221. The minimum atomic E-state index is -2.81. The zero-order chi connectivity index (χ0) is 13.1. The van der Waals surface area contributed by atoms with E-state index in [0.717, 1.165) is 0 Å². The molecule has 0 aromatic heterocycles. The molecule has 18 heavy (non-hydrogen) atoms. The second-order valence-corrected chi connectivity index (χ2v) is 5.07. The van der Waals surface area contributed by atoms with E-state index < -0.39 is 6.61 Å². The number of halogens is 3. The Morgan fingerprint density at radius 3 is 2.78 bits per heavy atom. The molecule has 1 aromatic carbocycles. The van der Waals surface area contributed by atoms with Crippen LogP contribution in [-0.4, -0.2) is 12.7 Å². The Balaban J connectivity index is 2.01. The first-order chi connectivity index (χ1) is 8.56. The lowest BCUT2D eigenvalue weighted by molar-refractivity contribution is -0.0505. The van der Waals surface area contributed by atoms with E-state index in [-0.39, 0.29) is 5.75 Å². The van der Waals surface area contributed by atoms with E-state index in [2.05, 4.69) is 17.0 Å². The zero-order valence-electron chi connectivity index (χ0n) is 10.1. The fourth-order valence-electron chi connectivity index (χ4n) is 1.93. The minimum Gasteiger partial charge on any atom is -0.434 e. The summed E-state index contributed by atoms with van der Waals surface area (Å²) >= 11 is 5.87. The van der Waals surface area contributed by atoms with E-state index in [0.29, 0.717) is 29.1 Å². The van der Waals surface area contributed by atoms with Crippen LogP contribution < -0.4 is 10.1 Å². The van der Waals surface area contributed by atoms with Crippen molar-refractivity contribution in [1.82, 2.24) is 5.32 Å². The van der Waals surface area contributed by atoms with Crippen molar-refractivity contribution in [3.8, 4) is 5.75 Å². The quantitative estimate of drug-likeness (QED) is 0.852. The van der Waals surface area contributed by atoms with Gasteiger partial charge in [0, 0.05) is 23.2 Å². The van der Waals surface area contributed by atoms with Crippen LogP contribution in [0.5, 0.6) is 5.75 Å². The standard InChI is InChI=1S/C13H16ClF2NO/c1-8(9-2-3-9)17-7-10-6-11(14)4-5-12(10)18-13(15)16/h4-6,8-9,13,17H,2-3,7H2,1H3. The highest BCUT2D eigenvalue weighted by atomic mass is 35.5. The molecule has 1 aliphatic rings. The molecule has 100 valence electrons. The van der Waals surface area contributed by atoms with Gasteiger partial charge in [-0.15, -0.1) is 0 Å². The Morgan fingerprint density at radius 2 is 2.17 bits per heavy atom. The van der Waals surface area contributed by atoms with E-state index in [4.69, 9.17) is 11.6 Å². The van der Waals surface area contributed by atoms with Crippen LogP contribution in [0, 0.1) is 5.92 Å².